The van der Waals surface area contributed by atoms with Crippen molar-refractivity contribution in [2.24, 2.45) is 0 Å². The summed E-state index contributed by atoms with van der Waals surface area (Å²) in [5, 5.41) is 8.85. The van der Waals surface area contributed by atoms with Crippen molar-refractivity contribution in [3.63, 3.8) is 0 Å². The van der Waals surface area contributed by atoms with Crippen molar-refractivity contribution in [3.8, 4) is 5.69 Å². The van der Waals surface area contributed by atoms with E-state index >= 15 is 0 Å². The fourth-order valence-corrected chi connectivity index (χ4v) is 1.85. The normalized spacial score (nSPS) is 11.5. The number of hydrogen-bond acceptors (Lipinski definition) is 4. The van der Waals surface area contributed by atoms with Gasteiger partial charge in [-0.1, -0.05) is 11.2 Å². The first-order chi connectivity index (χ1) is 11.3. The molecule has 0 atom stereocenters. The van der Waals surface area contributed by atoms with E-state index in [2.05, 4.69) is 20.1 Å². The molecular formula is C14H8F4N4O2. The molecule has 0 aliphatic carbocycles. The van der Waals surface area contributed by atoms with Crippen molar-refractivity contribution in [2.45, 2.75) is 6.18 Å². The first-order valence-electron chi connectivity index (χ1n) is 6.50. The molecule has 124 valence electrons. The second-order valence-electron chi connectivity index (χ2n) is 4.65. The van der Waals surface area contributed by atoms with Gasteiger partial charge in [-0.25, -0.2) is 9.07 Å². The number of aromatic nitrogens is 3. The number of nitrogens with zero attached hydrogens (tertiary/aromatic N) is 3. The van der Waals surface area contributed by atoms with Gasteiger partial charge in [-0.2, -0.15) is 18.3 Å². The Kier molecular flexibility index (Phi) is 3.80. The summed E-state index contributed by atoms with van der Waals surface area (Å²) in [6, 6.07) is 7.38. The lowest BCUT2D eigenvalue weighted by Gasteiger charge is -2.01. The largest absolute Gasteiger partial charge is 0.436 e. The molecule has 0 spiro atoms. The molecule has 2 heterocycles. The van der Waals surface area contributed by atoms with Crippen LogP contribution >= 0.6 is 0 Å². The highest BCUT2D eigenvalue weighted by atomic mass is 19.4. The molecule has 0 saturated heterocycles. The van der Waals surface area contributed by atoms with E-state index in [1.54, 1.807) is 6.07 Å². The molecule has 1 N–H and O–H groups in total. The van der Waals surface area contributed by atoms with E-state index in [9.17, 15) is 22.4 Å². The minimum atomic E-state index is -4.68. The topological polar surface area (TPSA) is 73.0 Å². The molecule has 10 heteroatoms. The average Bonchev–Trinajstić information content (AvgIpc) is 3.15. The van der Waals surface area contributed by atoms with Gasteiger partial charge in [0, 0.05) is 12.3 Å². The van der Waals surface area contributed by atoms with Crippen LogP contribution in [0.4, 0.5) is 23.4 Å². The number of benzene rings is 1. The number of anilines is 1. The molecule has 3 rings (SSSR count). The Morgan fingerprint density at radius 2 is 2.00 bits per heavy atom. The van der Waals surface area contributed by atoms with E-state index in [-0.39, 0.29) is 5.69 Å². The van der Waals surface area contributed by atoms with Crippen LogP contribution in [-0.2, 0) is 6.18 Å². The highest BCUT2D eigenvalue weighted by molar-refractivity contribution is 6.02. The first kappa shape index (κ1) is 15.7. The Labute approximate surface area is 131 Å². The fraction of sp³-hybridized carbons (Fsp3) is 0.0714. The van der Waals surface area contributed by atoms with E-state index in [0.717, 1.165) is 0 Å². The van der Waals surface area contributed by atoms with Crippen LogP contribution in [0.3, 0.4) is 0 Å². The third-order valence-corrected chi connectivity index (χ3v) is 2.93. The SMILES string of the molecule is O=C(Nc1cc(C(F)(F)F)no1)c1ccn(-c2cccc(F)c2)n1. The van der Waals surface area contributed by atoms with E-state index in [1.807, 2.05) is 0 Å². The van der Waals surface area contributed by atoms with Crippen LogP contribution in [0.15, 0.2) is 47.1 Å². The van der Waals surface area contributed by atoms with E-state index in [4.69, 9.17) is 0 Å². The molecule has 0 aliphatic rings. The van der Waals surface area contributed by atoms with E-state index in [0.29, 0.717) is 11.8 Å². The number of rotatable bonds is 3. The van der Waals surface area contributed by atoms with Crippen LogP contribution in [0.25, 0.3) is 5.69 Å². The average molecular weight is 340 g/mol. The maximum atomic E-state index is 13.2. The van der Waals surface area contributed by atoms with Gasteiger partial charge in [0.25, 0.3) is 5.91 Å². The van der Waals surface area contributed by atoms with Crippen LogP contribution in [0.5, 0.6) is 0 Å². The zero-order chi connectivity index (χ0) is 17.3. The molecular weight excluding hydrogens is 332 g/mol. The van der Waals surface area contributed by atoms with Gasteiger partial charge in [-0.15, -0.1) is 0 Å². The van der Waals surface area contributed by atoms with Crippen molar-refractivity contribution in [2.75, 3.05) is 5.32 Å². The molecule has 1 aromatic carbocycles. The Morgan fingerprint density at radius 1 is 1.21 bits per heavy atom. The van der Waals surface area contributed by atoms with Crippen molar-refractivity contribution in [3.05, 3.63) is 59.8 Å². The number of hydrogen-bond donors (Lipinski definition) is 1. The monoisotopic (exact) mass is 340 g/mol. The number of amides is 1. The molecule has 0 saturated carbocycles. The second-order valence-corrected chi connectivity index (χ2v) is 4.65. The lowest BCUT2D eigenvalue weighted by Crippen LogP contribution is -2.13. The van der Waals surface area contributed by atoms with Gasteiger partial charge in [0.05, 0.1) is 5.69 Å². The van der Waals surface area contributed by atoms with Crippen molar-refractivity contribution < 1.29 is 26.9 Å². The lowest BCUT2D eigenvalue weighted by atomic mass is 10.3. The maximum absolute atomic E-state index is 13.2. The van der Waals surface area contributed by atoms with Gasteiger partial charge in [-0.05, 0) is 24.3 Å². The van der Waals surface area contributed by atoms with Crippen molar-refractivity contribution in [1.82, 2.24) is 14.9 Å². The molecule has 0 radical (unpaired) electrons. The molecule has 6 nitrogen and oxygen atoms in total. The fourth-order valence-electron chi connectivity index (χ4n) is 1.85. The van der Waals surface area contributed by atoms with Crippen molar-refractivity contribution in [1.29, 1.82) is 0 Å². The summed E-state index contributed by atoms with van der Waals surface area (Å²) in [5.41, 5.74) is -0.972. The Hall–Kier alpha value is -3.17. The van der Waals surface area contributed by atoms with Crippen LogP contribution < -0.4 is 5.32 Å². The summed E-state index contributed by atoms with van der Waals surface area (Å²) in [7, 11) is 0. The Bertz CT molecular complexity index is 885. The Balaban J connectivity index is 1.76. The first-order valence-corrected chi connectivity index (χ1v) is 6.50. The molecule has 1 amide bonds. The highest BCUT2D eigenvalue weighted by Gasteiger charge is 2.35. The van der Waals surface area contributed by atoms with Gasteiger partial charge in [0.15, 0.2) is 11.4 Å². The zero-order valence-corrected chi connectivity index (χ0v) is 11.7. The van der Waals surface area contributed by atoms with E-state index in [1.165, 1.54) is 35.1 Å². The molecule has 0 aliphatic heterocycles. The summed E-state index contributed by atoms with van der Waals surface area (Å²) in [6.07, 6.45) is -3.27. The quantitative estimate of drug-likeness (QED) is 0.743. The second kappa shape index (κ2) is 5.80. The summed E-state index contributed by atoms with van der Waals surface area (Å²) in [5.74, 6) is -1.74. The highest BCUT2D eigenvalue weighted by Crippen LogP contribution is 2.29. The summed E-state index contributed by atoms with van der Waals surface area (Å²) >= 11 is 0. The van der Waals surface area contributed by atoms with Gasteiger partial charge >= 0.3 is 6.18 Å². The smallest absolute Gasteiger partial charge is 0.338 e. The predicted molar refractivity (Wildman–Crippen MR) is 73.0 cm³/mol. The summed E-state index contributed by atoms with van der Waals surface area (Å²) in [6.45, 7) is 0. The molecule has 2 aromatic heterocycles. The molecule has 0 unspecified atom stereocenters. The van der Waals surface area contributed by atoms with Gasteiger partial charge < -0.3 is 4.52 Å². The van der Waals surface area contributed by atoms with E-state index < -0.39 is 29.5 Å². The number of halogens is 4. The number of carbonyl (C=O) groups excluding carboxylic acids is 1. The minimum Gasteiger partial charge on any atom is -0.338 e. The number of alkyl halides is 3. The summed E-state index contributed by atoms with van der Waals surface area (Å²) < 4.78 is 56.0. The lowest BCUT2D eigenvalue weighted by molar-refractivity contribution is -0.142. The van der Waals surface area contributed by atoms with Gasteiger partial charge in [0.1, 0.15) is 5.82 Å². The van der Waals surface area contributed by atoms with Crippen molar-refractivity contribution >= 4 is 11.8 Å². The van der Waals surface area contributed by atoms with Crippen LogP contribution in [-0.4, -0.2) is 20.8 Å². The molecule has 0 fully saturated rings. The molecule has 3 aromatic rings. The minimum absolute atomic E-state index is 0.0933. The third kappa shape index (κ3) is 3.26. The maximum Gasteiger partial charge on any atom is 0.436 e. The van der Waals surface area contributed by atoms with Gasteiger partial charge in [0.2, 0.25) is 5.88 Å². The third-order valence-electron chi connectivity index (χ3n) is 2.93. The summed E-state index contributed by atoms with van der Waals surface area (Å²) in [4.78, 5) is 12.0. The van der Waals surface area contributed by atoms with Crippen LogP contribution in [0.2, 0.25) is 0 Å². The Morgan fingerprint density at radius 3 is 2.67 bits per heavy atom. The van der Waals surface area contributed by atoms with Crippen LogP contribution in [0.1, 0.15) is 16.2 Å². The predicted octanol–water partition coefficient (Wildman–Crippen LogP) is 3.27. The zero-order valence-electron chi connectivity index (χ0n) is 11.7. The number of nitrogens with one attached hydrogen (secondary N) is 1. The van der Waals surface area contributed by atoms with Gasteiger partial charge in [-0.3, -0.25) is 10.1 Å². The number of carbonyl (C=O) groups is 1. The van der Waals surface area contributed by atoms with Crippen LogP contribution in [0, 0.1) is 5.82 Å². The standard InChI is InChI=1S/C14H8F4N4O2/c15-8-2-1-3-9(6-8)22-5-4-10(20-22)13(23)19-12-7-11(21-24-12)14(16,17)18/h1-7H,(H,19,23). The molecule has 0 bridgehead atoms. The molecule has 24 heavy (non-hydrogen) atoms.